The van der Waals surface area contributed by atoms with Crippen molar-refractivity contribution in [3.63, 3.8) is 0 Å². The zero-order valence-electron chi connectivity index (χ0n) is 6.87. The summed E-state index contributed by atoms with van der Waals surface area (Å²) in [6.07, 6.45) is -1.89. The van der Waals surface area contributed by atoms with Gasteiger partial charge in [0.05, 0.1) is 0 Å². The molecule has 1 heterocycles. The molecule has 4 heteroatoms. The molecule has 0 aromatic carbocycles. The Labute approximate surface area is 74.3 Å². The predicted octanol–water partition coefficient (Wildman–Crippen LogP) is 0.858. The minimum absolute atomic E-state index is 0.410. The van der Waals surface area contributed by atoms with Crippen LogP contribution in [0.15, 0.2) is 6.07 Å². The molecule has 2 N–H and O–H groups in total. The Bertz CT molecular complexity index is 301. The Kier molecular flexibility index (Phi) is 2.62. The van der Waals surface area contributed by atoms with Gasteiger partial charge in [-0.3, -0.25) is 4.79 Å². The summed E-state index contributed by atoms with van der Waals surface area (Å²) in [7, 11) is 0. The maximum Gasteiger partial charge on any atom is 0.219 e. The van der Waals surface area contributed by atoms with Crippen LogP contribution in [0.5, 0.6) is 0 Å². The van der Waals surface area contributed by atoms with Gasteiger partial charge in [-0.15, -0.1) is 11.3 Å². The zero-order chi connectivity index (χ0) is 9.30. The van der Waals surface area contributed by atoms with E-state index in [4.69, 9.17) is 10.2 Å². The average Bonchev–Trinajstić information content (AvgIpc) is 2.28. The lowest BCUT2D eigenvalue weighted by molar-refractivity contribution is -0.0195. The van der Waals surface area contributed by atoms with Crippen molar-refractivity contribution in [1.82, 2.24) is 0 Å². The van der Waals surface area contributed by atoms with Crippen molar-refractivity contribution in [2.24, 2.45) is 0 Å². The number of aryl methyl sites for hydroxylation is 2. The molecule has 0 bridgehead atoms. The summed E-state index contributed by atoms with van der Waals surface area (Å²) in [6, 6.07) is 1.67. The summed E-state index contributed by atoms with van der Waals surface area (Å²) in [5, 5.41) is 17.2. The Hall–Kier alpha value is -0.710. The molecule has 0 unspecified atom stereocenters. The van der Waals surface area contributed by atoms with E-state index in [1.807, 2.05) is 6.92 Å². The number of Topliss-reactive ketones (excluding diaryl/α,β-unsaturated/α-hetero) is 1. The summed E-state index contributed by atoms with van der Waals surface area (Å²) in [5.74, 6) is -0.628. The smallest absolute Gasteiger partial charge is 0.219 e. The van der Waals surface area contributed by atoms with E-state index in [2.05, 4.69) is 0 Å². The van der Waals surface area contributed by atoms with E-state index in [-0.39, 0.29) is 0 Å². The molecule has 0 spiro atoms. The van der Waals surface area contributed by atoms with Crippen LogP contribution in [0.25, 0.3) is 0 Å². The number of hydrogen-bond donors (Lipinski definition) is 2. The molecule has 0 aliphatic carbocycles. The standard InChI is InChI=1S/C8H10O3S/c1-4-3-6(5(2)12-4)7(9)8(10)11/h3,8,10-11H,1-2H3. The fourth-order valence-corrected chi connectivity index (χ4v) is 1.94. The molecule has 1 aromatic heterocycles. The maximum atomic E-state index is 11.1. The first-order chi connectivity index (χ1) is 5.52. The second kappa shape index (κ2) is 3.35. The normalized spacial score (nSPS) is 10.8. The Morgan fingerprint density at radius 2 is 2.08 bits per heavy atom. The van der Waals surface area contributed by atoms with Crippen molar-refractivity contribution in [2.45, 2.75) is 20.1 Å². The summed E-state index contributed by atoms with van der Waals surface area (Å²) in [6.45, 7) is 3.66. The number of aliphatic hydroxyl groups excluding tert-OH is 1. The topological polar surface area (TPSA) is 57.5 Å². The molecule has 1 aromatic rings. The maximum absolute atomic E-state index is 11.1. The molecule has 0 saturated carbocycles. The largest absolute Gasteiger partial charge is 0.362 e. The van der Waals surface area contributed by atoms with Crippen LogP contribution in [0.1, 0.15) is 20.1 Å². The summed E-state index contributed by atoms with van der Waals surface area (Å²) < 4.78 is 0. The van der Waals surface area contributed by atoms with Crippen LogP contribution >= 0.6 is 11.3 Å². The second-order valence-electron chi connectivity index (χ2n) is 2.56. The van der Waals surface area contributed by atoms with E-state index in [1.54, 1.807) is 13.0 Å². The van der Waals surface area contributed by atoms with Gasteiger partial charge >= 0.3 is 0 Å². The van der Waals surface area contributed by atoms with Crippen LogP contribution in [0.3, 0.4) is 0 Å². The molecule has 3 nitrogen and oxygen atoms in total. The average molecular weight is 186 g/mol. The predicted molar refractivity (Wildman–Crippen MR) is 46.3 cm³/mol. The third kappa shape index (κ3) is 1.72. The van der Waals surface area contributed by atoms with Crippen molar-refractivity contribution in [2.75, 3.05) is 0 Å². The highest BCUT2D eigenvalue weighted by Gasteiger charge is 2.17. The van der Waals surface area contributed by atoms with E-state index < -0.39 is 12.1 Å². The minimum Gasteiger partial charge on any atom is -0.362 e. The number of hydrogen-bond acceptors (Lipinski definition) is 4. The summed E-state index contributed by atoms with van der Waals surface area (Å²) in [5.41, 5.74) is 0.410. The van der Waals surface area contributed by atoms with Gasteiger partial charge < -0.3 is 10.2 Å². The fraction of sp³-hybridized carbons (Fsp3) is 0.375. The first-order valence-corrected chi connectivity index (χ1v) is 4.31. The third-order valence-corrected chi connectivity index (χ3v) is 2.51. The van der Waals surface area contributed by atoms with Crippen molar-refractivity contribution in [3.8, 4) is 0 Å². The van der Waals surface area contributed by atoms with Gasteiger partial charge in [-0.1, -0.05) is 0 Å². The van der Waals surface area contributed by atoms with Crippen LogP contribution < -0.4 is 0 Å². The molecular weight excluding hydrogens is 176 g/mol. The lowest BCUT2D eigenvalue weighted by atomic mass is 10.1. The van der Waals surface area contributed by atoms with E-state index in [0.29, 0.717) is 5.56 Å². The van der Waals surface area contributed by atoms with Gasteiger partial charge in [-0.05, 0) is 19.9 Å². The molecule has 0 saturated heterocycles. The molecule has 1 rings (SSSR count). The van der Waals surface area contributed by atoms with Crippen molar-refractivity contribution >= 4 is 17.1 Å². The number of carbonyl (C=O) groups excluding carboxylic acids is 1. The molecular formula is C8H10O3S. The fourth-order valence-electron chi connectivity index (χ4n) is 1.01. The second-order valence-corrected chi connectivity index (χ2v) is 4.03. The van der Waals surface area contributed by atoms with Gasteiger partial charge in [0.25, 0.3) is 0 Å². The highest BCUT2D eigenvalue weighted by Crippen LogP contribution is 2.21. The molecule has 0 atom stereocenters. The molecule has 66 valence electrons. The molecule has 0 aliphatic heterocycles. The number of carbonyl (C=O) groups is 1. The molecule has 0 amide bonds. The van der Waals surface area contributed by atoms with Crippen LogP contribution in [0, 0.1) is 13.8 Å². The van der Waals surface area contributed by atoms with Crippen molar-refractivity contribution in [1.29, 1.82) is 0 Å². The van der Waals surface area contributed by atoms with E-state index in [1.165, 1.54) is 11.3 Å². The summed E-state index contributed by atoms with van der Waals surface area (Å²) in [4.78, 5) is 12.9. The van der Waals surface area contributed by atoms with E-state index in [0.717, 1.165) is 9.75 Å². The van der Waals surface area contributed by atoms with Crippen LogP contribution in [0.2, 0.25) is 0 Å². The Morgan fingerprint density at radius 3 is 2.42 bits per heavy atom. The summed E-state index contributed by atoms with van der Waals surface area (Å²) >= 11 is 1.47. The number of aliphatic hydroxyl groups is 2. The van der Waals surface area contributed by atoms with Gasteiger partial charge in [0.15, 0.2) is 0 Å². The third-order valence-electron chi connectivity index (χ3n) is 1.54. The van der Waals surface area contributed by atoms with Gasteiger partial charge in [-0.2, -0.15) is 0 Å². The zero-order valence-corrected chi connectivity index (χ0v) is 7.68. The molecule has 0 aliphatic rings. The SMILES string of the molecule is Cc1cc(C(=O)C(O)O)c(C)s1. The highest BCUT2D eigenvalue weighted by atomic mass is 32.1. The van der Waals surface area contributed by atoms with Crippen LogP contribution in [-0.4, -0.2) is 22.3 Å². The number of ketones is 1. The van der Waals surface area contributed by atoms with Gasteiger partial charge in [0.2, 0.25) is 12.1 Å². The molecule has 0 fully saturated rings. The van der Waals surface area contributed by atoms with Crippen molar-refractivity contribution in [3.05, 3.63) is 21.4 Å². The first kappa shape index (κ1) is 9.38. The first-order valence-electron chi connectivity index (χ1n) is 3.49. The van der Waals surface area contributed by atoms with Crippen molar-refractivity contribution < 1.29 is 15.0 Å². The van der Waals surface area contributed by atoms with Crippen LogP contribution in [0.4, 0.5) is 0 Å². The van der Waals surface area contributed by atoms with E-state index in [9.17, 15) is 4.79 Å². The van der Waals surface area contributed by atoms with Gasteiger partial charge in [0.1, 0.15) is 0 Å². The Balaban J connectivity index is 3.02. The lowest BCUT2D eigenvalue weighted by Crippen LogP contribution is -2.19. The Morgan fingerprint density at radius 1 is 1.50 bits per heavy atom. The quantitative estimate of drug-likeness (QED) is 0.532. The van der Waals surface area contributed by atoms with Gasteiger partial charge in [-0.25, -0.2) is 0 Å². The molecule has 12 heavy (non-hydrogen) atoms. The monoisotopic (exact) mass is 186 g/mol. The highest BCUT2D eigenvalue weighted by molar-refractivity contribution is 7.12. The number of thiophene rings is 1. The van der Waals surface area contributed by atoms with Crippen LogP contribution in [-0.2, 0) is 0 Å². The molecule has 0 radical (unpaired) electrons. The number of rotatable bonds is 2. The van der Waals surface area contributed by atoms with Gasteiger partial charge in [0, 0.05) is 15.3 Å². The van der Waals surface area contributed by atoms with E-state index >= 15 is 0 Å². The lowest BCUT2D eigenvalue weighted by Gasteiger charge is -1.99. The minimum atomic E-state index is -1.89.